The molecule has 30 heavy (non-hydrogen) atoms. The van der Waals surface area contributed by atoms with Gasteiger partial charge in [0.25, 0.3) is 11.9 Å². The molecule has 0 saturated heterocycles. The Labute approximate surface area is 169 Å². The maximum atomic E-state index is 14.5. The van der Waals surface area contributed by atoms with E-state index in [1.54, 1.807) is 0 Å². The maximum absolute atomic E-state index is 14.5. The molecule has 9 nitrogen and oxygen atoms in total. The summed E-state index contributed by atoms with van der Waals surface area (Å²) < 4.78 is 52.9. The van der Waals surface area contributed by atoms with E-state index in [1.807, 2.05) is 0 Å². The van der Waals surface area contributed by atoms with Gasteiger partial charge in [-0.3, -0.25) is 4.79 Å². The zero-order chi connectivity index (χ0) is 22.1. The van der Waals surface area contributed by atoms with E-state index in [0.29, 0.717) is 5.56 Å². The second-order valence-corrected chi connectivity index (χ2v) is 6.71. The number of hydrogen-bond donors (Lipinski definition) is 3. The van der Waals surface area contributed by atoms with Crippen molar-refractivity contribution in [1.29, 1.82) is 0 Å². The number of carbonyl (C=O) groups excluding carboxylic acids is 1. The van der Waals surface area contributed by atoms with Gasteiger partial charge >= 0.3 is 5.92 Å². The Kier molecular flexibility index (Phi) is 5.53. The molecule has 0 spiro atoms. The van der Waals surface area contributed by atoms with Gasteiger partial charge in [-0.1, -0.05) is 0 Å². The number of nitrogens with one attached hydrogen (secondary N) is 1. The van der Waals surface area contributed by atoms with Crippen LogP contribution in [0.3, 0.4) is 0 Å². The highest BCUT2D eigenvalue weighted by molar-refractivity contribution is 6.05. The molecule has 1 amide bonds. The molecule has 0 radical (unpaired) electrons. The number of hydrogen-bond acceptors (Lipinski definition) is 8. The average Bonchev–Trinajstić information content (AvgIpc) is 2.67. The van der Waals surface area contributed by atoms with Crippen LogP contribution in [0.15, 0.2) is 29.4 Å². The molecule has 3 rings (SSSR count). The van der Waals surface area contributed by atoms with Crippen LogP contribution in [-0.4, -0.2) is 41.5 Å². The summed E-state index contributed by atoms with van der Waals surface area (Å²) >= 11 is 0. The van der Waals surface area contributed by atoms with Gasteiger partial charge in [0.1, 0.15) is 17.3 Å². The van der Waals surface area contributed by atoms with Gasteiger partial charge in [-0.15, -0.1) is 0 Å². The molecule has 0 aromatic carbocycles. The number of halogens is 3. The Balaban J connectivity index is 1.93. The minimum atomic E-state index is -3.60. The van der Waals surface area contributed by atoms with Crippen molar-refractivity contribution in [1.82, 2.24) is 9.97 Å². The third-order valence-corrected chi connectivity index (χ3v) is 4.50. The molecule has 1 aliphatic rings. The molecule has 0 saturated carbocycles. The van der Waals surface area contributed by atoms with Gasteiger partial charge in [-0.25, -0.2) is 19.4 Å². The Morgan fingerprint density at radius 2 is 2.10 bits per heavy atom. The van der Waals surface area contributed by atoms with Crippen LogP contribution < -0.4 is 16.8 Å². The van der Waals surface area contributed by atoms with Crippen LogP contribution >= 0.6 is 0 Å². The number of amidine groups is 1. The van der Waals surface area contributed by atoms with Crippen LogP contribution in [0, 0.1) is 5.82 Å². The number of rotatable bonds is 5. The molecule has 0 aliphatic carbocycles. The molecule has 1 aliphatic heterocycles. The molecule has 1 atom stereocenters. The van der Waals surface area contributed by atoms with Crippen LogP contribution in [0.2, 0.25) is 0 Å². The maximum Gasteiger partial charge on any atom is 0.311 e. The molecule has 2 aromatic rings. The van der Waals surface area contributed by atoms with Crippen molar-refractivity contribution in [3.8, 4) is 0 Å². The molecule has 5 N–H and O–H groups in total. The quantitative estimate of drug-likeness (QED) is 0.665. The highest BCUT2D eigenvalue weighted by atomic mass is 19.3. The summed E-state index contributed by atoms with van der Waals surface area (Å²) in [7, 11) is 1.49. The number of anilines is 2. The van der Waals surface area contributed by atoms with Crippen LogP contribution in [0.1, 0.15) is 28.7 Å². The van der Waals surface area contributed by atoms with E-state index in [1.165, 1.54) is 19.4 Å². The third-order valence-electron chi connectivity index (χ3n) is 4.50. The standard InChI is InChI=1S/C18H19F3N6O3/c1-17(18(20,21)8-30-16(23)27-17)14-10(19)3-4-12(25-14)26-15(28)13-11(22)5-9(6-24-13)7-29-2/h3-6H,7-8,22H2,1-2H3,(H2,23,27)(H,25,26,28)/t17-/m1/s1. The average molecular weight is 424 g/mol. The van der Waals surface area contributed by atoms with Crippen molar-refractivity contribution >= 4 is 23.4 Å². The lowest BCUT2D eigenvalue weighted by Gasteiger charge is -2.36. The Morgan fingerprint density at radius 1 is 1.37 bits per heavy atom. The second-order valence-electron chi connectivity index (χ2n) is 6.71. The van der Waals surface area contributed by atoms with E-state index in [-0.39, 0.29) is 23.8 Å². The normalized spacial score (nSPS) is 20.2. The second kappa shape index (κ2) is 7.78. The lowest BCUT2D eigenvalue weighted by atomic mass is 9.89. The van der Waals surface area contributed by atoms with Gasteiger partial charge in [0.05, 0.1) is 12.3 Å². The first-order valence-corrected chi connectivity index (χ1v) is 8.65. The number of nitrogens with two attached hydrogens (primary N) is 2. The summed E-state index contributed by atoms with van der Waals surface area (Å²) in [6, 6.07) is 2.99. The topological polar surface area (TPSA) is 138 Å². The number of amides is 1. The highest BCUT2D eigenvalue weighted by Gasteiger charge is 2.57. The number of ether oxygens (including phenoxy) is 2. The number of carbonyl (C=O) groups is 1. The fourth-order valence-corrected chi connectivity index (χ4v) is 2.86. The molecule has 0 unspecified atom stereocenters. The zero-order valence-corrected chi connectivity index (χ0v) is 16.1. The van der Waals surface area contributed by atoms with Gasteiger partial charge in [0.2, 0.25) is 0 Å². The lowest BCUT2D eigenvalue weighted by molar-refractivity contribution is -0.118. The van der Waals surface area contributed by atoms with Crippen LogP contribution in [0.25, 0.3) is 0 Å². The van der Waals surface area contributed by atoms with Crippen LogP contribution in [0.4, 0.5) is 24.7 Å². The van der Waals surface area contributed by atoms with Gasteiger partial charge < -0.3 is 26.3 Å². The highest BCUT2D eigenvalue weighted by Crippen LogP contribution is 2.43. The van der Waals surface area contributed by atoms with Crippen molar-refractivity contribution in [3.63, 3.8) is 0 Å². The fourth-order valence-electron chi connectivity index (χ4n) is 2.86. The number of aliphatic imine (C=N–C) groups is 1. The van der Waals surface area contributed by atoms with Crippen molar-refractivity contribution in [3.05, 3.63) is 47.2 Å². The van der Waals surface area contributed by atoms with E-state index in [4.69, 9.17) is 16.2 Å². The molecule has 3 heterocycles. The zero-order valence-electron chi connectivity index (χ0n) is 16.1. The summed E-state index contributed by atoms with van der Waals surface area (Å²) in [5.74, 6) is -5.60. The molecular formula is C18H19F3N6O3. The van der Waals surface area contributed by atoms with Gasteiger partial charge in [-0.05, 0) is 30.7 Å². The molecule has 2 aromatic heterocycles. The van der Waals surface area contributed by atoms with Gasteiger partial charge in [0, 0.05) is 13.3 Å². The van der Waals surface area contributed by atoms with Crippen molar-refractivity contribution in [2.24, 2.45) is 10.7 Å². The van der Waals surface area contributed by atoms with Gasteiger partial charge in [0.15, 0.2) is 17.8 Å². The molecule has 12 heteroatoms. The van der Waals surface area contributed by atoms with Crippen LogP contribution in [0.5, 0.6) is 0 Å². The smallest absolute Gasteiger partial charge is 0.311 e. The summed E-state index contributed by atoms with van der Waals surface area (Å²) in [4.78, 5) is 23.9. The fraction of sp³-hybridized carbons (Fsp3) is 0.333. The summed E-state index contributed by atoms with van der Waals surface area (Å²) in [5.41, 5.74) is 8.73. The van der Waals surface area contributed by atoms with Crippen molar-refractivity contribution in [2.75, 3.05) is 24.8 Å². The Hall–Kier alpha value is -3.41. The van der Waals surface area contributed by atoms with E-state index in [0.717, 1.165) is 19.1 Å². The third kappa shape index (κ3) is 3.85. The van der Waals surface area contributed by atoms with Crippen molar-refractivity contribution < 1.29 is 27.4 Å². The largest absolute Gasteiger partial charge is 0.459 e. The summed E-state index contributed by atoms with van der Waals surface area (Å²) in [5, 5.41) is 2.37. The molecule has 160 valence electrons. The number of alkyl halides is 2. The van der Waals surface area contributed by atoms with E-state index in [9.17, 15) is 18.0 Å². The van der Waals surface area contributed by atoms with E-state index in [2.05, 4.69) is 25.0 Å². The Morgan fingerprint density at radius 3 is 2.77 bits per heavy atom. The molecule has 0 bridgehead atoms. The van der Waals surface area contributed by atoms with Crippen LogP contribution in [-0.2, 0) is 21.6 Å². The number of pyridine rings is 2. The lowest BCUT2D eigenvalue weighted by Crippen LogP contribution is -2.51. The summed E-state index contributed by atoms with van der Waals surface area (Å²) in [6.45, 7) is 0.139. The number of nitrogen functional groups attached to an aromatic ring is 1. The first-order chi connectivity index (χ1) is 14.1. The monoisotopic (exact) mass is 424 g/mol. The number of nitrogens with zero attached hydrogens (tertiary/aromatic N) is 3. The van der Waals surface area contributed by atoms with Gasteiger partial charge in [-0.2, -0.15) is 8.78 Å². The first-order valence-electron chi connectivity index (χ1n) is 8.65. The van der Waals surface area contributed by atoms with Crippen molar-refractivity contribution in [2.45, 2.75) is 25.0 Å². The minimum Gasteiger partial charge on any atom is -0.459 e. The predicted molar refractivity (Wildman–Crippen MR) is 101 cm³/mol. The number of aromatic nitrogens is 2. The predicted octanol–water partition coefficient (Wildman–Crippen LogP) is 1.79. The van der Waals surface area contributed by atoms with E-state index < -0.39 is 41.5 Å². The van der Waals surface area contributed by atoms with E-state index >= 15 is 0 Å². The minimum absolute atomic E-state index is 0.0738. The number of methoxy groups -OCH3 is 1. The molecular weight excluding hydrogens is 405 g/mol. The molecule has 0 fully saturated rings. The summed E-state index contributed by atoms with van der Waals surface area (Å²) in [6.07, 6.45) is 1.40. The Bertz CT molecular complexity index is 1020. The SMILES string of the molecule is COCc1cnc(C(=O)Nc2ccc(F)c([C@@]3(C)N=C(N)OCC3(F)F)n2)c(N)c1. The first kappa shape index (κ1) is 21.3.